The zero-order valence-corrected chi connectivity index (χ0v) is 14.7. The van der Waals surface area contributed by atoms with Gasteiger partial charge >= 0.3 is 5.97 Å². The molecule has 0 spiro atoms. The Morgan fingerprint density at radius 2 is 1.41 bits per heavy atom. The summed E-state index contributed by atoms with van der Waals surface area (Å²) in [6, 6.07) is 25.3. The number of para-hydroxylation sites is 1. The number of hydrogen-bond acceptors (Lipinski definition) is 3. The molecule has 0 aliphatic rings. The van der Waals surface area contributed by atoms with Crippen molar-refractivity contribution in [2.24, 2.45) is 0 Å². The van der Waals surface area contributed by atoms with Crippen LogP contribution in [0, 0.1) is 0 Å². The molecule has 1 N–H and O–H groups in total. The monoisotopic (exact) mass is 360 g/mol. The average molecular weight is 360 g/mol. The van der Waals surface area contributed by atoms with Gasteiger partial charge in [0.2, 0.25) is 6.10 Å². The first-order valence-electron chi connectivity index (χ1n) is 8.75. The second kappa shape index (κ2) is 8.81. The van der Waals surface area contributed by atoms with Gasteiger partial charge in [-0.05, 0) is 24.1 Å². The van der Waals surface area contributed by atoms with Crippen LogP contribution in [0.25, 0.3) is 0 Å². The fraction of sp³-hybridized carbons (Fsp3) is 0.130. The third-order valence-corrected chi connectivity index (χ3v) is 4.24. The molecule has 0 aliphatic heterocycles. The summed E-state index contributed by atoms with van der Waals surface area (Å²) in [4.78, 5) is 24.4. The van der Waals surface area contributed by atoms with Gasteiger partial charge in [0, 0.05) is 12.0 Å². The number of carboxylic acid groups (broad SMARTS) is 1. The van der Waals surface area contributed by atoms with Gasteiger partial charge in [-0.15, -0.1) is 0 Å². The van der Waals surface area contributed by atoms with Crippen LogP contribution in [0.4, 0.5) is 0 Å². The number of carbonyl (C=O) groups is 2. The van der Waals surface area contributed by atoms with Gasteiger partial charge < -0.3 is 9.84 Å². The molecule has 0 amide bonds. The normalized spacial score (nSPS) is 11.6. The van der Waals surface area contributed by atoms with Gasteiger partial charge in [-0.25, -0.2) is 4.79 Å². The SMILES string of the molecule is O=C(CCc1ccccc1)c1ccccc1OC(C(=O)O)c1ccccc1. The molecule has 3 aromatic carbocycles. The van der Waals surface area contributed by atoms with Crippen LogP contribution in [-0.2, 0) is 11.2 Å². The smallest absolute Gasteiger partial charge is 0.349 e. The van der Waals surface area contributed by atoms with E-state index >= 15 is 0 Å². The first kappa shape index (κ1) is 18.4. The molecule has 0 aliphatic carbocycles. The molecule has 3 rings (SSSR count). The molecule has 0 aromatic heterocycles. The molecule has 0 saturated carbocycles. The van der Waals surface area contributed by atoms with Gasteiger partial charge in [-0.2, -0.15) is 0 Å². The van der Waals surface area contributed by atoms with Crippen molar-refractivity contribution < 1.29 is 19.4 Å². The molecule has 0 bridgehead atoms. The van der Waals surface area contributed by atoms with Gasteiger partial charge in [-0.1, -0.05) is 72.8 Å². The van der Waals surface area contributed by atoms with Crippen molar-refractivity contribution in [2.45, 2.75) is 18.9 Å². The van der Waals surface area contributed by atoms with Crippen LogP contribution in [0.2, 0.25) is 0 Å². The lowest BCUT2D eigenvalue weighted by Gasteiger charge is -2.17. The fourth-order valence-electron chi connectivity index (χ4n) is 2.85. The Bertz CT molecular complexity index is 904. The van der Waals surface area contributed by atoms with Crippen molar-refractivity contribution in [1.29, 1.82) is 0 Å². The van der Waals surface area contributed by atoms with Crippen LogP contribution in [-0.4, -0.2) is 16.9 Å². The van der Waals surface area contributed by atoms with E-state index in [0.29, 0.717) is 24.0 Å². The standard InChI is InChI=1S/C23H20O4/c24-20(16-15-17-9-3-1-4-10-17)19-13-7-8-14-21(19)27-22(23(25)26)18-11-5-2-6-12-18/h1-14,22H,15-16H2,(H,25,26). The Morgan fingerprint density at radius 1 is 0.815 bits per heavy atom. The van der Waals surface area contributed by atoms with Crippen molar-refractivity contribution in [3.05, 3.63) is 102 Å². The summed E-state index contributed by atoms with van der Waals surface area (Å²) in [7, 11) is 0. The highest BCUT2D eigenvalue weighted by Crippen LogP contribution is 2.27. The van der Waals surface area contributed by atoms with Crippen LogP contribution in [0.3, 0.4) is 0 Å². The Morgan fingerprint density at radius 3 is 2.07 bits per heavy atom. The van der Waals surface area contributed by atoms with E-state index < -0.39 is 12.1 Å². The minimum atomic E-state index is -1.17. The highest BCUT2D eigenvalue weighted by Gasteiger charge is 2.24. The van der Waals surface area contributed by atoms with Crippen molar-refractivity contribution in [3.63, 3.8) is 0 Å². The fourth-order valence-corrected chi connectivity index (χ4v) is 2.85. The third kappa shape index (κ3) is 4.82. The van der Waals surface area contributed by atoms with Crippen LogP contribution in [0.15, 0.2) is 84.9 Å². The molecule has 0 saturated heterocycles. The number of rotatable bonds is 8. The number of aryl methyl sites for hydroxylation is 1. The number of Topliss-reactive ketones (excluding diaryl/α,β-unsaturated/α-hetero) is 1. The van der Waals surface area contributed by atoms with E-state index in [2.05, 4.69) is 0 Å². The minimum Gasteiger partial charge on any atom is -0.478 e. The second-order valence-corrected chi connectivity index (χ2v) is 6.15. The van der Waals surface area contributed by atoms with Gasteiger partial charge in [-0.3, -0.25) is 4.79 Å². The lowest BCUT2D eigenvalue weighted by Crippen LogP contribution is -2.19. The Hall–Kier alpha value is -3.40. The average Bonchev–Trinajstić information content (AvgIpc) is 2.71. The number of benzene rings is 3. The summed E-state index contributed by atoms with van der Waals surface area (Å²) in [6.45, 7) is 0. The van der Waals surface area contributed by atoms with E-state index in [1.54, 1.807) is 48.5 Å². The molecular formula is C23H20O4. The van der Waals surface area contributed by atoms with E-state index in [1.165, 1.54) is 0 Å². The maximum absolute atomic E-state index is 12.7. The van der Waals surface area contributed by atoms with Crippen molar-refractivity contribution in [2.75, 3.05) is 0 Å². The Balaban J connectivity index is 1.78. The zero-order chi connectivity index (χ0) is 19.1. The molecule has 0 fully saturated rings. The molecule has 0 radical (unpaired) electrons. The van der Waals surface area contributed by atoms with Gasteiger partial charge in [0.25, 0.3) is 0 Å². The number of ketones is 1. The molecule has 27 heavy (non-hydrogen) atoms. The largest absolute Gasteiger partial charge is 0.478 e. The van der Waals surface area contributed by atoms with Crippen LogP contribution in [0.1, 0.15) is 34.0 Å². The summed E-state index contributed by atoms with van der Waals surface area (Å²) >= 11 is 0. The van der Waals surface area contributed by atoms with E-state index in [4.69, 9.17) is 4.74 Å². The molecule has 0 heterocycles. The Kier molecular flexibility index (Phi) is 6.00. The Labute approximate surface area is 158 Å². The van der Waals surface area contributed by atoms with Gasteiger partial charge in [0.15, 0.2) is 5.78 Å². The summed E-state index contributed by atoms with van der Waals surface area (Å²) in [5.41, 5.74) is 2.00. The van der Waals surface area contributed by atoms with Crippen molar-refractivity contribution in [3.8, 4) is 5.75 Å². The molecule has 4 heteroatoms. The van der Waals surface area contributed by atoms with Gasteiger partial charge in [0.1, 0.15) is 5.75 Å². The highest BCUT2D eigenvalue weighted by atomic mass is 16.5. The van der Waals surface area contributed by atoms with Crippen LogP contribution < -0.4 is 4.74 Å². The summed E-state index contributed by atoms with van der Waals surface area (Å²) in [5.74, 6) is -0.897. The number of hydrogen-bond donors (Lipinski definition) is 1. The second-order valence-electron chi connectivity index (χ2n) is 6.15. The molecule has 1 unspecified atom stereocenters. The van der Waals surface area contributed by atoms with Crippen molar-refractivity contribution >= 4 is 11.8 Å². The van der Waals surface area contributed by atoms with E-state index in [-0.39, 0.29) is 11.5 Å². The number of aliphatic carboxylic acids is 1. The van der Waals surface area contributed by atoms with Crippen LogP contribution >= 0.6 is 0 Å². The summed E-state index contributed by atoms with van der Waals surface area (Å²) < 4.78 is 5.75. The van der Waals surface area contributed by atoms with Crippen molar-refractivity contribution in [1.82, 2.24) is 0 Å². The maximum atomic E-state index is 12.7. The lowest BCUT2D eigenvalue weighted by atomic mass is 10.0. The quantitative estimate of drug-likeness (QED) is 0.591. The molecular weight excluding hydrogens is 340 g/mol. The predicted molar refractivity (Wildman–Crippen MR) is 103 cm³/mol. The first-order chi connectivity index (χ1) is 13.1. The molecule has 4 nitrogen and oxygen atoms in total. The molecule has 3 aromatic rings. The lowest BCUT2D eigenvalue weighted by molar-refractivity contribution is -0.145. The number of carbonyl (C=O) groups excluding carboxylic acids is 1. The van der Waals surface area contributed by atoms with E-state index in [0.717, 1.165) is 5.56 Å². The van der Waals surface area contributed by atoms with Crippen LogP contribution in [0.5, 0.6) is 5.75 Å². The summed E-state index contributed by atoms with van der Waals surface area (Å²) in [6.07, 6.45) is -0.225. The van der Waals surface area contributed by atoms with E-state index in [9.17, 15) is 14.7 Å². The highest BCUT2D eigenvalue weighted by molar-refractivity contribution is 5.98. The predicted octanol–water partition coefficient (Wildman–Crippen LogP) is 4.71. The molecule has 136 valence electrons. The number of carboxylic acids is 1. The van der Waals surface area contributed by atoms with Gasteiger partial charge in [0.05, 0.1) is 5.56 Å². The molecule has 1 atom stereocenters. The van der Waals surface area contributed by atoms with E-state index in [1.807, 2.05) is 36.4 Å². The first-order valence-corrected chi connectivity index (χ1v) is 8.75. The maximum Gasteiger partial charge on any atom is 0.349 e. The number of ether oxygens (including phenoxy) is 1. The third-order valence-electron chi connectivity index (χ3n) is 4.24. The summed E-state index contributed by atoms with van der Waals surface area (Å²) in [5, 5.41) is 9.56. The topological polar surface area (TPSA) is 63.6 Å². The zero-order valence-electron chi connectivity index (χ0n) is 14.7. The minimum absolute atomic E-state index is 0.0772.